The summed E-state index contributed by atoms with van der Waals surface area (Å²) < 4.78 is 43.0. The SMILES string of the molecule is CC1CC(N)CN(c2c(NCc3ccc(F)c(-c4c(F)cccc4F)n3)cnc3c2CCC3O)C1. The van der Waals surface area contributed by atoms with E-state index < -0.39 is 29.1 Å². The summed E-state index contributed by atoms with van der Waals surface area (Å²) in [6.45, 7) is 3.88. The number of aliphatic hydroxyl groups excluding tert-OH is 1. The Hall–Kier alpha value is -3.17. The Morgan fingerprint density at radius 1 is 1.11 bits per heavy atom. The molecule has 6 nitrogen and oxygen atoms in total. The zero-order valence-electron chi connectivity index (χ0n) is 19.4. The first kappa shape index (κ1) is 23.6. The highest BCUT2D eigenvalue weighted by atomic mass is 19.1. The Labute approximate surface area is 202 Å². The number of rotatable bonds is 5. The number of halogens is 3. The van der Waals surface area contributed by atoms with Crippen LogP contribution in [0.15, 0.2) is 36.5 Å². The van der Waals surface area contributed by atoms with Gasteiger partial charge in [0.15, 0.2) is 0 Å². The highest BCUT2D eigenvalue weighted by molar-refractivity contribution is 5.75. The van der Waals surface area contributed by atoms with Gasteiger partial charge < -0.3 is 21.1 Å². The van der Waals surface area contributed by atoms with Crippen LogP contribution in [0, 0.1) is 23.4 Å². The normalized spacial score (nSPS) is 21.8. The van der Waals surface area contributed by atoms with Gasteiger partial charge in [0.1, 0.15) is 23.1 Å². The zero-order valence-corrected chi connectivity index (χ0v) is 19.4. The molecule has 1 saturated heterocycles. The van der Waals surface area contributed by atoms with Gasteiger partial charge >= 0.3 is 0 Å². The Bertz CT molecular complexity index is 1220. The van der Waals surface area contributed by atoms with Crippen molar-refractivity contribution in [1.82, 2.24) is 9.97 Å². The van der Waals surface area contributed by atoms with Gasteiger partial charge in [0, 0.05) is 24.7 Å². The molecule has 3 heterocycles. The summed E-state index contributed by atoms with van der Waals surface area (Å²) in [6.07, 6.45) is 3.37. The molecule has 3 atom stereocenters. The maximum absolute atomic E-state index is 14.5. The van der Waals surface area contributed by atoms with Crippen LogP contribution in [0.4, 0.5) is 24.5 Å². The van der Waals surface area contributed by atoms with Crippen LogP contribution in [0.1, 0.15) is 42.8 Å². The molecule has 0 amide bonds. The van der Waals surface area contributed by atoms with E-state index in [1.54, 1.807) is 6.20 Å². The Balaban J connectivity index is 1.47. The van der Waals surface area contributed by atoms with Crippen LogP contribution in [0.3, 0.4) is 0 Å². The minimum atomic E-state index is -0.874. The van der Waals surface area contributed by atoms with Gasteiger partial charge in [-0.1, -0.05) is 13.0 Å². The first-order valence-corrected chi connectivity index (χ1v) is 11.9. The predicted octanol–water partition coefficient (Wildman–Crippen LogP) is 4.33. The lowest BCUT2D eigenvalue weighted by atomic mass is 9.95. The van der Waals surface area contributed by atoms with Crippen molar-refractivity contribution in [3.8, 4) is 11.3 Å². The molecule has 1 fully saturated rings. The molecule has 3 aromatic rings. The first-order valence-electron chi connectivity index (χ1n) is 11.9. The van der Waals surface area contributed by atoms with Crippen molar-refractivity contribution in [3.05, 3.63) is 70.9 Å². The van der Waals surface area contributed by atoms with E-state index in [0.717, 1.165) is 48.1 Å². The number of nitrogens with zero attached hydrogens (tertiary/aromatic N) is 3. The Morgan fingerprint density at radius 2 is 1.89 bits per heavy atom. The van der Waals surface area contributed by atoms with Crippen molar-refractivity contribution in [2.24, 2.45) is 11.7 Å². The molecule has 3 unspecified atom stereocenters. The van der Waals surface area contributed by atoms with Crippen LogP contribution >= 0.6 is 0 Å². The quantitative estimate of drug-likeness (QED) is 0.501. The second kappa shape index (κ2) is 9.47. The number of fused-ring (bicyclic) bond motifs is 1. The van der Waals surface area contributed by atoms with E-state index in [0.29, 0.717) is 36.7 Å². The minimum absolute atomic E-state index is 0.0405. The molecule has 1 aliphatic heterocycles. The monoisotopic (exact) mass is 483 g/mol. The van der Waals surface area contributed by atoms with Crippen molar-refractivity contribution in [1.29, 1.82) is 0 Å². The first-order chi connectivity index (χ1) is 16.8. The number of aromatic nitrogens is 2. The van der Waals surface area contributed by atoms with Crippen LogP contribution in [-0.2, 0) is 13.0 Å². The average Bonchev–Trinajstić information content (AvgIpc) is 3.19. The van der Waals surface area contributed by atoms with Crippen molar-refractivity contribution in [2.45, 2.75) is 44.9 Å². The lowest BCUT2D eigenvalue weighted by Crippen LogP contribution is -2.47. The summed E-state index contributed by atoms with van der Waals surface area (Å²) in [5, 5.41) is 13.7. The summed E-state index contributed by atoms with van der Waals surface area (Å²) in [4.78, 5) is 11.0. The fraction of sp³-hybridized carbons (Fsp3) is 0.385. The molecular weight excluding hydrogens is 455 g/mol. The van der Waals surface area contributed by atoms with Gasteiger partial charge in [-0.05, 0) is 49.4 Å². The van der Waals surface area contributed by atoms with E-state index in [1.165, 1.54) is 12.1 Å². The molecule has 0 saturated carbocycles. The number of nitrogens with one attached hydrogen (secondary N) is 1. The maximum Gasteiger partial charge on any atom is 0.149 e. The maximum atomic E-state index is 14.5. The number of nitrogens with two attached hydrogens (primary N) is 1. The summed E-state index contributed by atoms with van der Waals surface area (Å²) in [6, 6.07) is 6.06. The summed E-state index contributed by atoms with van der Waals surface area (Å²) >= 11 is 0. The number of benzene rings is 1. The third-order valence-electron chi connectivity index (χ3n) is 6.74. The van der Waals surface area contributed by atoms with E-state index in [2.05, 4.69) is 27.1 Å². The third kappa shape index (κ3) is 4.58. The van der Waals surface area contributed by atoms with E-state index in [4.69, 9.17) is 5.73 Å². The molecule has 184 valence electrons. The highest BCUT2D eigenvalue weighted by Crippen LogP contribution is 2.41. The molecule has 2 aliphatic rings. The smallest absolute Gasteiger partial charge is 0.149 e. The number of anilines is 2. The fourth-order valence-corrected chi connectivity index (χ4v) is 5.25. The van der Waals surface area contributed by atoms with E-state index in [9.17, 15) is 18.3 Å². The molecule has 9 heteroatoms. The van der Waals surface area contributed by atoms with Crippen LogP contribution in [-0.4, -0.2) is 34.2 Å². The van der Waals surface area contributed by atoms with Crippen molar-refractivity contribution in [2.75, 3.05) is 23.3 Å². The predicted molar refractivity (Wildman–Crippen MR) is 128 cm³/mol. The average molecular weight is 484 g/mol. The van der Waals surface area contributed by atoms with Gasteiger partial charge in [-0.3, -0.25) is 4.98 Å². The molecule has 2 aromatic heterocycles. The van der Waals surface area contributed by atoms with E-state index >= 15 is 0 Å². The van der Waals surface area contributed by atoms with Gasteiger partial charge in [0.2, 0.25) is 0 Å². The summed E-state index contributed by atoms with van der Waals surface area (Å²) in [5.74, 6) is -2.14. The number of hydrogen-bond acceptors (Lipinski definition) is 6. The fourth-order valence-electron chi connectivity index (χ4n) is 5.25. The Morgan fingerprint density at radius 3 is 2.63 bits per heavy atom. The van der Waals surface area contributed by atoms with Gasteiger partial charge in [0.25, 0.3) is 0 Å². The van der Waals surface area contributed by atoms with Crippen molar-refractivity contribution in [3.63, 3.8) is 0 Å². The van der Waals surface area contributed by atoms with Gasteiger partial charge in [-0.2, -0.15) is 0 Å². The molecule has 0 radical (unpaired) electrons. The van der Waals surface area contributed by atoms with Gasteiger partial charge in [-0.25, -0.2) is 18.2 Å². The highest BCUT2D eigenvalue weighted by Gasteiger charge is 2.32. The molecule has 1 aromatic carbocycles. The largest absolute Gasteiger partial charge is 0.387 e. The molecule has 5 rings (SSSR count). The summed E-state index contributed by atoms with van der Waals surface area (Å²) in [7, 11) is 0. The van der Waals surface area contributed by atoms with Crippen LogP contribution in [0.25, 0.3) is 11.3 Å². The number of aliphatic hydroxyl groups is 1. The number of hydrogen-bond donors (Lipinski definition) is 3. The van der Waals surface area contributed by atoms with Crippen LogP contribution in [0.5, 0.6) is 0 Å². The third-order valence-corrected chi connectivity index (χ3v) is 6.74. The molecule has 0 spiro atoms. The van der Waals surface area contributed by atoms with Crippen molar-refractivity contribution < 1.29 is 18.3 Å². The standard InChI is InChI=1S/C26H28F3N5O/c1-14-9-15(30)13-34(12-14)26-17-6-8-22(35)24(17)32-11-21(26)31-10-16-5-7-20(29)25(33-16)23-18(27)3-2-4-19(23)28/h2-5,7,11,14-15,22,31,35H,6,8-10,12-13,30H2,1H3. The second-order valence-corrected chi connectivity index (χ2v) is 9.53. The molecule has 4 N–H and O–H groups in total. The molecule has 0 bridgehead atoms. The topological polar surface area (TPSA) is 87.3 Å². The number of piperidine rings is 1. The lowest BCUT2D eigenvalue weighted by molar-refractivity contribution is 0.176. The Kier molecular flexibility index (Phi) is 6.37. The molecular formula is C26H28F3N5O. The molecule has 35 heavy (non-hydrogen) atoms. The second-order valence-electron chi connectivity index (χ2n) is 9.53. The number of pyridine rings is 2. The van der Waals surface area contributed by atoms with Gasteiger partial charge in [-0.15, -0.1) is 0 Å². The van der Waals surface area contributed by atoms with Crippen molar-refractivity contribution >= 4 is 11.4 Å². The minimum Gasteiger partial charge on any atom is -0.387 e. The molecule has 1 aliphatic carbocycles. The van der Waals surface area contributed by atoms with Gasteiger partial charge in [0.05, 0.1) is 47.2 Å². The summed E-state index contributed by atoms with van der Waals surface area (Å²) in [5.41, 5.74) is 9.29. The van der Waals surface area contributed by atoms with Crippen LogP contribution < -0.4 is 16.0 Å². The lowest BCUT2D eigenvalue weighted by Gasteiger charge is -2.38. The van der Waals surface area contributed by atoms with Crippen LogP contribution in [0.2, 0.25) is 0 Å². The zero-order chi connectivity index (χ0) is 24.7. The van der Waals surface area contributed by atoms with E-state index in [1.807, 2.05) is 0 Å². The van der Waals surface area contributed by atoms with E-state index in [-0.39, 0.29) is 18.3 Å².